The molecule has 0 unspecified atom stereocenters. The van der Waals surface area contributed by atoms with E-state index >= 15 is 0 Å². The van der Waals surface area contributed by atoms with Gasteiger partial charge < -0.3 is 4.90 Å². The quantitative estimate of drug-likeness (QED) is 0.840. The van der Waals surface area contributed by atoms with Gasteiger partial charge in [0.2, 0.25) is 5.91 Å². The SMILES string of the molecule is CC(=O)N1CCC[C@@H]1c1ccnc(-c2ccccc2)n1. The number of hydrogen-bond acceptors (Lipinski definition) is 3. The Labute approximate surface area is 118 Å². The summed E-state index contributed by atoms with van der Waals surface area (Å²) in [5.41, 5.74) is 1.94. The molecule has 20 heavy (non-hydrogen) atoms. The van der Waals surface area contributed by atoms with E-state index in [0.717, 1.165) is 36.5 Å². The van der Waals surface area contributed by atoms with E-state index in [2.05, 4.69) is 9.97 Å². The zero-order chi connectivity index (χ0) is 13.9. The number of nitrogens with zero attached hydrogens (tertiary/aromatic N) is 3. The smallest absolute Gasteiger partial charge is 0.220 e. The summed E-state index contributed by atoms with van der Waals surface area (Å²) in [6.07, 6.45) is 3.79. The first-order valence-electron chi connectivity index (χ1n) is 6.91. The van der Waals surface area contributed by atoms with Crippen molar-refractivity contribution < 1.29 is 4.79 Å². The Kier molecular flexibility index (Phi) is 3.46. The van der Waals surface area contributed by atoms with Crippen molar-refractivity contribution >= 4 is 5.91 Å². The molecule has 0 N–H and O–H groups in total. The summed E-state index contributed by atoms with van der Waals surface area (Å²) in [5.74, 6) is 0.839. The van der Waals surface area contributed by atoms with Gasteiger partial charge in [0.15, 0.2) is 5.82 Å². The Morgan fingerprint density at radius 2 is 2.05 bits per heavy atom. The van der Waals surface area contributed by atoms with Gasteiger partial charge in [0, 0.05) is 25.2 Å². The Morgan fingerprint density at radius 1 is 1.25 bits per heavy atom. The van der Waals surface area contributed by atoms with E-state index in [9.17, 15) is 4.79 Å². The number of carbonyl (C=O) groups is 1. The fraction of sp³-hybridized carbons (Fsp3) is 0.312. The molecular weight excluding hydrogens is 250 g/mol. The molecule has 2 heterocycles. The summed E-state index contributed by atoms with van der Waals surface area (Å²) in [7, 11) is 0. The lowest BCUT2D eigenvalue weighted by atomic mass is 10.1. The summed E-state index contributed by atoms with van der Waals surface area (Å²) >= 11 is 0. The average molecular weight is 267 g/mol. The molecule has 1 atom stereocenters. The van der Waals surface area contributed by atoms with Crippen molar-refractivity contribution in [2.75, 3.05) is 6.54 Å². The van der Waals surface area contributed by atoms with Crippen LogP contribution in [0.3, 0.4) is 0 Å². The van der Waals surface area contributed by atoms with Crippen molar-refractivity contribution in [2.24, 2.45) is 0 Å². The number of aromatic nitrogens is 2. The summed E-state index contributed by atoms with van der Waals surface area (Å²) < 4.78 is 0. The minimum atomic E-state index is 0.0953. The third kappa shape index (κ3) is 2.41. The van der Waals surface area contributed by atoms with Crippen molar-refractivity contribution in [2.45, 2.75) is 25.8 Å². The first-order valence-corrected chi connectivity index (χ1v) is 6.91. The summed E-state index contributed by atoms with van der Waals surface area (Å²) in [5, 5.41) is 0. The van der Waals surface area contributed by atoms with Gasteiger partial charge in [0.1, 0.15) is 0 Å². The molecule has 1 saturated heterocycles. The highest BCUT2D eigenvalue weighted by Gasteiger charge is 2.29. The Hall–Kier alpha value is -2.23. The van der Waals surface area contributed by atoms with E-state index in [1.165, 1.54) is 0 Å². The lowest BCUT2D eigenvalue weighted by Gasteiger charge is -2.22. The first-order chi connectivity index (χ1) is 9.75. The molecule has 1 aliphatic rings. The molecule has 0 spiro atoms. The molecule has 0 saturated carbocycles. The molecule has 102 valence electrons. The van der Waals surface area contributed by atoms with Crippen LogP contribution in [0.2, 0.25) is 0 Å². The van der Waals surface area contributed by atoms with Crippen molar-refractivity contribution in [3.63, 3.8) is 0 Å². The molecule has 0 bridgehead atoms. The van der Waals surface area contributed by atoms with Gasteiger partial charge in [-0.1, -0.05) is 30.3 Å². The molecule has 1 aliphatic heterocycles. The largest absolute Gasteiger partial charge is 0.334 e. The third-order valence-corrected chi connectivity index (χ3v) is 3.71. The van der Waals surface area contributed by atoms with E-state index in [0.29, 0.717) is 0 Å². The van der Waals surface area contributed by atoms with E-state index in [4.69, 9.17) is 0 Å². The highest BCUT2D eigenvalue weighted by molar-refractivity contribution is 5.74. The fourth-order valence-corrected chi connectivity index (χ4v) is 2.74. The van der Waals surface area contributed by atoms with Crippen LogP contribution in [0.25, 0.3) is 11.4 Å². The van der Waals surface area contributed by atoms with Crippen LogP contribution in [0.15, 0.2) is 42.6 Å². The van der Waals surface area contributed by atoms with Crippen LogP contribution in [-0.4, -0.2) is 27.3 Å². The molecule has 1 aromatic heterocycles. The summed E-state index contributed by atoms with van der Waals surface area (Å²) in [6.45, 7) is 2.45. The molecule has 0 radical (unpaired) electrons. The number of rotatable bonds is 2. The number of benzene rings is 1. The average Bonchev–Trinajstić information content (AvgIpc) is 2.98. The zero-order valence-corrected chi connectivity index (χ0v) is 11.5. The minimum absolute atomic E-state index is 0.0953. The minimum Gasteiger partial charge on any atom is -0.334 e. The first kappa shape index (κ1) is 12.8. The van der Waals surface area contributed by atoms with Crippen LogP contribution in [0.5, 0.6) is 0 Å². The van der Waals surface area contributed by atoms with Crippen LogP contribution in [0.1, 0.15) is 31.5 Å². The van der Waals surface area contributed by atoms with Crippen LogP contribution in [-0.2, 0) is 4.79 Å². The number of likely N-dealkylation sites (tertiary alicyclic amines) is 1. The highest BCUT2D eigenvalue weighted by atomic mass is 16.2. The Morgan fingerprint density at radius 3 is 2.80 bits per heavy atom. The van der Waals surface area contributed by atoms with Crippen molar-refractivity contribution in [1.29, 1.82) is 0 Å². The van der Waals surface area contributed by atoms with E-state index in [-0.39, 0.29) is 11.9 Å². The van der Waals surface area contributed by atoms with Crippen LogP contribution in [0.4, 0.5) is 0 Å². The predicted octanol–water partition coefficient (Wildman–Crippen LogP) is 2.83. The lowest BCUT2D eigenvalue weighted by Crippen LogP contribution is -2.28. The topological polar surface area (TPSA) is 46.1 Å². The monoisotopic (exact) mass is 267 g/mol. The van der Waals surface area contributed by atoms with Gasteiger partial charge in [-0.2, -0.15) is 0 Å². The van der Waals surface area contributed by atoms with Gasteiger partial charge in [-0.15, -0.1) is 0 Å². The molecule has 4 nitrogen and oxygen atoms in total. The van der Waals surface area contributed by atoms with Crippen LogP contribution >= 0.6 is 0 Å². The standard InChI is InChI=1S/C16H17N3O/c1-12(20)19-11-5-8-15(19)14-9-10-17-16(18-14)13-6-3-2-4-7-13/h2-4,6-7,9-10,15H,5,8,11H2,1H3/t15-/m1/s1. The van der Waals surface area contributed by atoms with Gasteiger partial charge in [0.25, 0.3) is 0 Å². The molecular formula is C16H17N3O. The molecule has 1 fully saturated rings. The molecule has 0 aliphatic carbocycles. The zero-order valence-electron chi connectivity index (χ0n) is 11.5. The van der Waals surface area contributed by atoms with Crippen molar-refractivity contribution in [1.82, 2.24) is 14.9 Å². The molecule has 1 amide bonds. The maximum atomic E-state index is 11.7. The fourth-order valence-electron chi connectivity index (χ4n) is 2.74. The van der Waals surface area contributed by atoms with Gasteiger partial charge in [-0.25, -0.2) is 9.97 Å². The van der Waals surface area contributed by atoms with Crippen LogP contribution in [0, 0.1) is 0 Å². The van der Waals surface area contributed by atoms with Crippen LogP contribution < -0.4 is 0 Å². The van der Waals surface area contributed by atoms with E-state index in [1.54, 1.807) is 13.1 Å². The van der Waals surface area contributed by atoms with Crippen molar-refractivity contribution in [3.05, 3.63) is 48.3 Å². The predicted molar refractivity (Wildman–Crippen MR) is 76.8 cm³/mol. The van der Waals surface area contributed by atoms with Gasteiger partial charge in [0.05, 0.1) is 11.7 Å². The summed E-state index contributed by atoms with van der Waals surface area (Å²) in [6, 6.07) is 11.9. The van der Waals surface area contributed by atoms with E-state index in [1.807, 2.05) is 41.3 Å². The van der Waals surface area contributed by atoms with Crippen molar-refractivity contribution in [3.8, 4) is 11.4 Å². The van der Waals surface area contributed by atoms with Gasteiger partial charge in [-0.3, -0.25) is 4.79 Å². The molecule has 2 aromatic rings. The number of carbonyl (C=O) groups excluding carboxylic acids is 1. The maximum absolute atomic E-state index is 11.7. The Bertz CT molecular complexity index is 612. The Balaban J connectivity index is 1.94. The third-order valence-electron chi connectivity index (χ3n) is 3.71. The maximum Gasteiger partial charge on any atom is 0.220 e. The second-order valence-electron chi connectivity index (χ2n) is 5.04. The molecule has 1 aromatic carbocycles. The number of amides is 1. The summed E-state index contributed by atoms with van der Waals surface area (Å²) in [4.78, 5) is 22.6. The normalized spacial score (nSPS) is 18.2. The molecule has 4 heteroatoms. The van der Waals surface area contributed by atoms with Gasteiger partial charge in [-0.05, 0) is 18.9 Å². The van der Waals surface area contributed by atoms with Gasteiger partial charge >= 0.3 is 0 Å². The molecule has 3 rings (SSSR count). The van der Waals surface area contributed by atoms with E-state index < -0.39 is 0 Å². The highest BCUT2D eigenvalue weighted by Crippen LogP contribution is 2.31. The number of hydrogen-bond donors (Lipinski definition) is 0. The lowest BCUT2D eigenvalue weighted by molar-refractivity contribution is -0.129. The second kappa shape index (κ2) is 5.41. The second-order valence-corrected chi connectivity index (χ2v) is 5.04.